The van der Waals surface area contributed by atoms with E-state index >= 15 is 0 Å². The first-order valence-corrected chi connectivity index (χ1v) is 21.8. The van der Waals surface area contributed by atoms with Gasteiger partial charge in [-0.3, -0.25) is 14.4 Å². The molecule has 1 atom stereocenters. The van der Waals surface area contributed by atoms with E-state index in [4.69, 9.17) is 9.47 Å². The Morgan fingerprint density at radius 3 is 1.30 bits per heavy atom. The van der Waals surface area contributed by atoms with Crippen LogP contribution in [0.5, 0.6) is 0 Å². The van der Waals surface area contributed by atoms with Crippen molar-refractivity contribution in [3.05, 3.63) is 119 Å². The number of fused-ring (bicyclic) bond motifs is 6. The maximum absolute atomic E-state index is 12.6. The summed E-state index contributed by atoms with van der Waals surface area (Å²) < 4.78 is 11.2. The van der Waals surface area contributed by atoms with E-state index in [-0.39, 0.29) is 42.5 Å². The third-order valence-corrected chi connectivity index (χ3v) is 11.7. The van der Waals surface area contributed by atoms with Crippen LogP contribution in [-0.2, 0) is 23.9 Å². The van der Waals surface area contributed by atoms with E-state index in [1.54, 1.807) is 0 Å². The summed E-state index contributed by atoms with van der Waals surface area (Å²) in [5.41, 5.74) is 9.46. The molecule has 0 saturated carbocycles. The highest BCUT2D eigenvalue weighted by Crippen LogP contribution is 2.45. The minimum Gasteiger partial charge on any atom is -0.449 e. The van der Waals surface area contributed by atoms with E-state index in [1.165, 1.54) is 51.4 Å². The van der Waals surface area contributed by atoms with Gasteiger partial charge in [0.15, 0.2) is 5.78 Å². The summed E-state index contributed by atoms with van der Waals surface area (Å²) in [6, 6.07) is 32.4. The molecule has 3 amide bonds. The summed E-state index contributed by atoms with van der Waals surface area (Å²) in [6.07, 6.45) is 7.85. The maximum atomic E-state index is 12.6. The van der Waals surface area contributed by atoms with Crippen molar-refractivity contribution >= 4 is 29.7 Å². The molecular formula is C50H59N3O7. The summed E-state index contributed by atoms with van der Waals surface area (Å²) in [6.45, 7) is 3.01. The van der Waals surface area contributed by atoms with Crippen LogP contribution in [-0.4, -0.2) is 62.0 Å². The quantitative estimate of drug-likeness (QED) is 0.0599. The van der Waals surface area contributed by atoms with Crippen LogP contribution in [0.1, 0.15) is 124 Å². The maximum Gasteiger partial charge on any atom is 0.407 e. The molecule has 3 N–H and O–H groups in total. The molecule has 0 bridgehead atoms. The predicted molar refractivity (Wildman–Crippen MR) is 234 cm³/mol. The summed E-state index contributed by atoms with van der Waals surface area (Å²) in [5.74, 6) is 0.0484. The summed E-state index contributed by atoms with van der Waals surface area (Å²) in [7, 11) is 0. The molecule has 0 aliphatic heterocycles. The van der Waals surface area contributed by atoms with Crippen molar-refractivity contribution in [2.75, 3.05) is 26.3 Å². The zero-order valence-corrected chi connectivity index (χ0v) is 34.8. The van der Waals surface area contributed by atoms with Crippen molar-refractivity contribution in [1.29, 1.82) is 0 Å². The van der Waals surface area contributed by atoms with Crippen LogP contribution >= 0.6 is 0 Å². The molecule has 4 aromatic carbocycles. The number of nitrogens with one attached hydrogen (secondary N) is 3. The number of ketones is 2. The average Bonchev–Trinajstić information content (AvgIpc) is 3.76. The molecule has 0 heterocycles. The Morgan fingerprint density at radius 1 is 0.500 bits per heavy atom. The first-order valence-electron chi connectivity index (χ1n) is 21.8. The van der Waals surface area contributed by atoms with E-state index in [2.05, 4.69) is 64.5 Å². The number of hydrogen-bond donors (Lipinski definition) is 3. The van der Waals surface area contributed by atoms with Crippen LogP contribution in [0.15, 0.2) is 97.1 Å². The van der Waals surface area contributed by atoms with Crippen LogP contribution < -0.4 is 16.0 Å². The molecular weight excluding hydrogens is 755 g/mol. The molecule has 0 aromatic heterocycles. The first-order chi connectivity index (χ1) is 29.3. The Balaban J connectivity index is 0.738. The van der Waals surface area contributed by atoms with Gasteiger partial charge in [0, 0.05) is 44.2 Å². The monoisotopic (exact) mass is 813 g/mol. The third-order valence-electron chi connectivity index (χ3n) is 11.7. The zero-order valence-electron chi connectivity index (χ0n) is 34.8. The second-order valence-corrected chi connectivity index (χ2v) is 16.0. The lowest BCUT2D eigenvalue weighted by Gasteiger charge is -2.16. The number of carbonyl (C=O) groups excluding carboxylic acids is 5. The average molecular weight is 814 g/mol. The third kappa shape index (κ3) is 12.1. The van der Waals surface area contributed by atoms with Crippen molar-refractivity contribution in [2.24, 2.45) is 0 Å². The van der Waals surface area contributed by atoms with Crippen LogP contribution in [0.4, 0.5) is 9.59 Å². The van der Waals surface area contributed by atoms with Gasteiger partial charge < -0.3 is 25.4 Å². The second kappa shape index (κ2) is 22.6. The van der Waals surface area contributed by atoms with Gasteiger partial charge in [-0.1, -0.05) is 123 Å². The Bertz CT molecular complexity index is 2010. The fraction of sp³-hybridized carbons (Fsp3) is 0.420. The number of rotatable bonds is 24. The highest BCUT2D eigenvalue weighted by atomic mass is 16.6. The first kappa shape index (κ1) is 43.8. The number of hydrogen-bond acceptors (Lipinski definition) is 7. The normalized spacial score (nSPS) is 13.0. The van der Waals surface area contributed by atoms with Crippen molar-refractivity contribution in [1.82, 2.24) is 16.0 Å². The lowest BCUT2D eigenvalue weighted by molar-refractivity contribution is -0.127. The van der Waals surface area contributed by atoms with Crippen LogP contribution in [0.2, 0.25) is 0 Å². The fourth-order valence-corrected chi connectivity index (χ4v) is 8.51. The van der Waals surface area contributed by atoms with E-state index in [9.17, 15) is 24.0 Å². The number of carbonyl (C=O) groups is 5. The number of ether oxygens (including phenoxy) is 2. The minimum atomic E-state index is -0.523. The van der Waals surface area contributed by atoms with Gasteiger partial charge in [-0.2, -0.15) is 0 Å². The Kier molecular flexibility index (Phi) is 16.5. The van der Waals surface area contributed by atoms with E-state index in [0.717, 1.165) is 44.9 Å². The van der Waals surface area contributed by atoms with E-state index in [1.807, 2.05) is 48.5 Å². The topological polar surface area (TPSA) is 140 Å². The minimum absolute atomic E-state index is 0.0133. The predicted octanol–water partition coefficient (Wildman–Crippen LogP) is 9.78. The molecule has 2 aliphatic carbocycles. The summed E-state index contributed by atoms with van der Waals surface area (Å²) in [4.78, 5) is 62.1. The molecule has 4 aromatic rings. The molecule has 0 saturated heterocycles. The highest BCUT2D eigenvalue weighted by molar-refractivity contribution is 5.87. The van der Waals surface area contributed by atoms with Gasteiger partial charge in [0.2, 0.25) is 5.91 Å². The standard InChI is InChI=1S/C50H59N3O7/c1-35(54)47(53-48(56)30-8-4-18-32-52-50(58)60-34-46-43-27-15-11-23-39(43)40-24-12-16-28-44(40)46)29-7-2-5-19-36(55)20-6-3-17-31-51-49(57)59-33-45-41-25-13-9-21-37(41)38-22-10-14-26-42(38)45/h9-16,21-28,45-47H,2-8,17-20,29-34H2,1H3,(H,51,57)(H,52,58)(H,53,56)/t47-/m0/s1. The zero-order chi connectivity index (χ0) is 42.1. The second-order valence-electron chi connectivity index (χ2n) is 16.0. The van der Waals surface area contributed by atoms with Gasteiger partial charge in [0.05, 0.1) is 6.04 Å². The number of Topliss-reactive ketones (excluding diaryl/α,β-unsaturated/α-hetero) is 2. The molecule has 6 rings (SSSR count). The van der Waals surface area contributed by atoms with Crippen LogP contribution in [0, 0.1) is 0 Å². The highest BCUT2D eigenvalue weighted by Gasteiger charge is 2.30. The fourth-order valence-electron chi connectivity index (χ4n) is 8.51. The number of unbranched alkanes of at least 4 members (excludes halogenated alkanes) is 6. The lowest BCUT2D eigenvalue weighted by Crippen LogP contribution is -2.39. The SMILES string of the molecule is CC(=O)[C@H](CCCCCC(=O)CCCCCNC(=O)OCC1c2ccccc2-c2ccccc21)NC(=O)CCCCCNC(=O)OCC1c2ccccc2-c2ccccc21. The van der Waals surface area contributed by atoms with E-state index in [0.29, 0.717) is 51.6 Å². The molecule has 0 unspecified atom stereocenters. The van der Waals surface area contributed by atoms with Gasteiger partial charge >= 0.3 is 12.2 Å². The molecule has 10 heteroatoms. The van der Waals surface area contributed by atoms with Gasteiger partial charge in [-0.25, -0.2) is 9.59 Å². The van der Waals surface area contributed by atoms with Gasteiger partial charge in [-0.15, -0.1) is 0 Å². The molecule has 0 radical (unpaired) electrons. The van der Waals surface area contributed by atoms with Gasteiger partial charge in [0.25, 0.3) is 0 Å². The van der Waals surface area contributed by atoms with Gasteiger partial charge in [0.1, 0.15) is 19.0 Å². The van der Waals surface area contributed by atoms with Crippen molar-refractivity contribution in [2.45, 2.75) is 108 Å². The smallest absolute Gasteiger partial charge is 0.407 e. The van der Waals surface area contributed by atoms with Crippen LogP contribution in [0.25, 0.3) is 22.3 Å². The number of amides is 3. The summed E-state index contributed by atoms with van der Waals surface area (Å²) in [5, 5.41) is 8.55. The molecule has 0 spiro atoms. The Labute approximate surface area is 354 Å². The van der Waals surface area contributed by atoms with E-state index < -0.39 is 18.2 Å². The largest absolute Gasteiger partial charge is 0.449 e. The lowest BCUT2D eigenvalue weighted by atomic mass is 9.98. The van der Waals surface area contributed by atoms with Crippen molar-refractivity contribution in [3.63, 3.8) is 0 Å². The molecule has 60 heavy (non-hydrogen) atoms. The number of benzene rings is 4. The summed E-state index contributed by atoms with van der Waals surface area (Å²) >= 11 is 0. The molecule has 316 valence electrons. The van der Waals surface area contributed by atoms with Crippen molar-refractivity contribution in [3.8, 4) is 22.3 Å². The van der Waals surface area contributed by atoms with Crippen LogP contribution in [0.3, 0.4) is 0 Å². The molecule has 10 nitrogen and oxygen atoms in total. The van der Waals surface area contributed by atoms with Crippen molar-refractivity contribution < 1.29 is 33.4 Å². The molecule has 0 fully saturated rings. The number of alkyl carbamates (subject to hydrolysis) is 2. The molecule has 2 aliphatic rings. The van der Waals surface area contributed by atoms with Gasteiger partial charge in [-0.05, 0) is 90.0 Å². The Hall–Kier alpha value is -5.77. The Morgan fingerprint density at radius 2 is 0.883 bits per heavy atom.